The highest BCUT2D eigenvalue weighted by Gasteiger charge is 2.23. The summed E-state index contributed by atoms with van der Waals surface area (Å²) in [5.74, 6) is 0. The average molecular weight is 271 g/mol. The fourth-order valence-corrected chi connectivity index (χ4v) is 2.39. The molecule has 1 aliphatic rings. The Morgan fingerprint density at radius 1 is 1.30 bits per heavy atom. The highest BCUT2D eigenvalue weighted by atomic mass is 16.4. The minimum Gasteiger partial charge on any atom is -0.431 e. The van der Waals surface area contributed by atoms with Crippen molar-refractivity contribution in [3.63, 3.8) is 0 Å². The van der Waals surface area contributed by atoms with Crippen molar-refractivity contribution < 1.29 is 4.42 Å². The number of nitrogens with one attached hydrogen (secondary N) is 1. The molecule has 2 aromatic rings. The fourth-order valence-electron chi connectivity index (χ4n) is 2.39. The summed E-state index contributed by atoms with van der Waals surface area (Å²) in [5, 5.41) is 3.42. The third-order valence-electron chi connectivity index (χ3n) is 3.46. The topological polar surface area (TPSA) is 41.3 Å². The molecule has 1 aromatic carbocycles. The van der Waals surface area contributed by atoms with Crippen LogP contribution in [0.1, 0.15) is 32.0 Å². The second-order valence-corrected chi connectivity index (χ2v) is 6.26. The van der Waals surface area contributed by atoms with Crippen molar-refractivity contribution in [3.8, 4) is 0 Å². The van der Waals surface area contributed by atoms with Crippen LogP contribution < -0.4 is 10.2 Å². The van der Waals surface area contributed by atoms with Gasteiger partial charge in [0.1, 0.15) is 6.26 Å². The number of nitrogens with zero attached hydrogens (tertiary/aromatic N) is 2. The van der Waals surface area contributed by atoms with E-state index in [2.05, 4.69) is 60.2 Å². The summed E-state index contributed by atoms with van der Waals surface area (Å²) in [4.78, 5) is 6.74. The van der Waals surface area contributed by atoms with Gasteiger partial charge in [0.15, 0.2) is 0 Å². The summed E-state index contributed by atoms with van der Waals surface area (Å²) in [6.07, 6.45) is 2.79. The molecule has 0 atom stereocenters. The van der Waals surface area contributed by atoms with Crippen LogP contribution in [0.4, 0.5) is 11.7 Å². The lowest BCUT2D eigenvalue weighted by Gasteiger charge is -2.19. The van der Waals surface area contributed by atoms with Gasteiger partial charge < -0.3 is 9.73 Å². The summed E-state index contributed by atoms with van der Waals surface area (Å²) in [6.45, 7) is 8.09. The maximum Gasteiger partial charge on any atom is 0.302 e. The largest absolute Gasteiger partial charge is 0.431 e. The zero-order valence-corrected chi connectivity index (χ0v) is 12.3. The minimum atomic E-state index is 0.0827. The molecule has 0 bridgehead atoms. The van der Waals surface area contributed by atoms with Gasteiger partial charge in [0.2, 0.25) is 0 Å². The number of benzene rings is 1. The zero-order valence-electron chi connectivity index (χ0n) is 12.3. The predicted molar refractivity (Wildman–Crippen MR) is 80.2 cm³/mol. The maximum atomic E-state index is 5.65. The van der Waals surface area contributed by atoms with Crippen LogP contribution in [0, 0.1) is 0 Å². The summed E-state index contributed by atoms with van der Waals surface area (Å²) in [5.41, 5.74) is 3.60. The molecule has 106 valence electrons. The predicted octanol–water partition coefficient (Wildman–Crippen LogP) is 3.26. The van der Waals surface area contributed by atoms with E-state index >= 15 is 0 Å². The van der Waals surface area contributed by atoms with Crippen molar-refractivity contribution in [2.75, 3.05) is 11.4 Å². The van der Waals surface area contributed by atoms with Gasteiger partial charge in [0.25, 0.3) is 0 Å². The van der Waals surface area contributed by atoms with E-state index in [1.807, 2.05) is 0 Å². The average Bonchev–Trinajstić information content (AvgIpc) is 3.01. The monoisotopic (exact) mass is 271 g/mol. The number of aromatic nitrogens is 1. The summed E-state index contributed by atoms with van der Waals surface area (Å²) in [6, 6.07) is 9.12. The lowest BCUT2D eigenvalue weighted by atomic mass is 10.1. The number of rotatable bonds is 3. The van der Waals surface area contributed by atoms with E-state index in [9.17, 15) is 0 Å². The van der Waals surface area contributed by atoms with Gasteiger partial charge in [-0.1, -0.05) is 18.2 Å². The second-order valence-electron chi connectivity index (χ2n) is 6.26. The Hall–Kier alpha value is -1.81. The van der Waals surface area contributed by atoms with Crippen LogP contribution in [0.3, 0.4) is 0 Å². The van der Waals surface area contributed by atoms with Gasteiger partial charge in [-0.25, -0.2) is 0 Å². The first kappa shape index (κ1) is 13.2. The molecular formula is C16H21N3O. The molecule has 0 spiro atoms. The highest BCUT2D eigenvalue weighted by molar-refractivity contribution is 5.64. The summed E-state index contributed by atoms with van der Waals surface area (Å²) >= 11 is 0. The molecule has 0 fully saturated rings. The normalized spacial score (nSPS) is 14.7. The van der Waals surface area contributed by atoms with Crippen LogP contribution in [0.5, 0.6) is 0 Å². The Labute approximate surface area is 119 Å². The number of hydrogen-bond donors (Lipinski definition) is 1. The Morgan fingerprint density at radius 3 is 2.90 bits per heavy atom. The van der Waals surface area contributed by atoms with E-state index in [4.69, 9.17) is 4.42 Å². The molecule has 1 N–H and O–H groups in total. The number of para-hydroxylation sites is 1. The van der Waals surface area contributed by atoms with Crippen molar-refractivity contribution in [1.29, 1.82) is 0 Å². The number of oxazole rings is 1. The molecule has 4 nitrogen and oxygen atoms in total. The SMILES string of the molecule is CC(C)(C)NCc1coc(N2CCc3ccccc32)n1. The zero-order chi connectivity index (χ0) is 14.2. The lowest BCUT2D eigenvalue weighted by Crippen LogP contribution is -2.35. The molecule has 1 aliphatic heterocycles. The molecule has 3 rings (SSSR count). The molecule has 0 aliphatic carbocycles. The number of anilines is 2. The number of hydrogen-bond acceptors (Lipinski definition) is 4. The molecular weight excluding hydrogens is 250 g/mol. The van der Waals surface area contributed by atoms with Crippen molar-refractivity contribution >= 4 is 11.7 Å². The standard InChI is InChI=1S/C16H21N3O/c1-16(2,3)17-10-13-11-20-15(18-13)19-9-8-12-6-4-5-7-14(12)19/h4-7,11,17H,8-10H2,1-3H3. The molecule has 20 heavy (non-hydrogen) atoms. The van der Waals surface area contributed by atoms with Gasteiger partial charge in [0, 0.05) is 24.3 Å². The third-order valence-corrected chi connectivity index (χ3v) is 3.46. The first-order valence-corrected chi connectivity index (χ1v) is 7.08. The van der Waals surface area contributed by atoms with E-state index < -0.39 is 0 Å². The lowest BCUT2D eigenvalue weighted by molar-refractivity contribution is 0.421. The van der Waals surface area contributed by atoms with Crippen LogP contribution in [-0.2, 0) is 13.0 Å². The smallest absolute Gasteiger partial charge is 0.302 e. The first-order valence-electron chi connectivity index (χ1n) is 7.08. The molecule has 1 aromatic heterocycles. The molecule has 0 radical (unpaired) electrons. The van der Waals surface area contributed by atoms with Crippen molar-refractivity contribution in [3.05, 3.63) is 41.8 Å². The molecule has 0 saturated heterocycles. The van der Waals surface area contributed by atoms with E-state index in [0.717, 1.165) is 25.2 Å². The Morgan fingerprint density at radius 2 is 2.10 bits per heavy atom. The maximum absolute atomic E-state index is 5.65. The summed E-state index contributed by atoms with van der Waals surface area (Å²) < 4.78 is 5.65. The van der Waals surface area contributed by atoms with E-state index in [-0.39, 0.29) is 5.54 Å². The quantitative estimate of drug-likeness (QED) is 0.930. The molecule has 2 heterocycles. The Bertz CT molecular complexity index is 598. The van der Waals surface area contributed by atoms with E-state index in [1.165, 1.54) is 11.3 Å². The highest BCUT2D eigenvalue weighted by Crippen LogP contribution is 2.33. The molecule has 4 heteroatoms. The third kappa shape index (κ3) is 2.70. The van der Waals surface area contributed by atoms with Crippen LogP contribution in [0.25, 0.3) is 0 Å². The van der Waals surface area contributed by atoms with Gasteiger partial charge >= 0.3 is 6.01 Å². The minimum absolute atomic E-state index is 0.0827. The van der Waals surface area contributed by atoms with Gasteiger partial charge in [0.05, 0.1) is 5.69 Å². The van der Waals surface area contributed by atoms with Gasteiger partial charge in [-0.05, 0) is 38.8 Å². The van der Waals surface area contributed by atoms with Gasteiger partial charge in [-0.3, -0.25) is 4.90 Å². The van der Waals surface area contributed by atoms with E-state index in [1.54, 1.807) is 6.26 Å². The fraction of sp³-hybridized carbons (Fsp3) is 0.438. The molecule has 0 saturated carbocycles. The Kier molecular flexibility index (Phi) is 3.26. The van der Waals surface area contributed by atoms with Crippen LogP contribution in [-0.4, -0.2) is 17.1 Å². The van der Waals surface area contributed by atoms with Crippen LogP contribution in [0.2, 0.25) is 0 Å². The molecule has 0 amide bonds. The second kappa shape index (κ2) is 4.94. The van der Waals surface area contributed by atoms with E-state index in [0.29, 0.717) is 6.01 Å². The van der Waals surface area contributed by atoms with Crippen LogP contribution >= 0.6 is 0 Å². The molecule has 0 unspecified atom stereocenters. The van der Waals surface area contributed by atoms with Crippen molar-refractivity contribution in [1.82, 2.24) is 10.3 Å². The number of fused-ring (bicyclic) bond motifs is 1. The first-order chi connectivity index (χ1) is 9.53. The van der Waals surface area contributed by atoms with Crippen molar-refractivity contribution in [2.24, 2.45) is 0 Å². The van der Waals surface area contributed by atoms with Gasteiger partial charge in [-0.2, -0.15) is 4.98 Å². The Balaban J connectivity index is 1.75. The van der Waals surface area contributed by atoms with Crippen molar-refractivity contribution in [2.45, 2.75) is 39.3 Å². The summed E-state index contributed by atoms with van der Waals surface area (Å²) in [7, 11) is 0. The van der Waals surface area contributed by atoms with Crippen LogP contribution in [0.15, 0.2) is 34.9 Å². The van der Waals surface area contributed by atoms with Gasteiger partial charge in [-0.15, -0.1) is 0 Å².